The van der Waals surface area contributed by atoms with Crippen LogP contribution in [0.3, 0.4) is 0 Å². The lowest BCUT2D eigenvalue weighted by atomic mass is 9.87. The molecular weight excluding hydrogens is 444 g/mol. The van der Waals surface area contributed by atoms with E-state index in [1.54, 1.807) is 11.3 Å². The van der Waals surface area contributed by atoms with Gasteiger partial charge in [0.15, 0.2) is 0 Å². The molecule has 0 amide bonds. The van der Waals surface area contributed by atoms with Gasteiger partial charge in [-0.2, -0.15) is 0 Å². The Morgan fingerprint density at radius 1 is 1.12 bits per heavy atom. The Labute approximate surface area is 210 Å². The van der Waals surface area contributed by atoms with Gasteiger partial charge in [-0.1, -0.05) is 59.0 Å². The Kier molecular flexibility index (Phi) is 13.3. The smallest absolute Gasteiger partial charge is 0.0962 e. The number of hydrogen-bond acceptors (Lipinski definition) is 6. The quantitative estimate of drug-likeness (QED) is 0.393. The van der Waals surface area contributed by atoms with Crippen molar-refractivity contribution in [1.29, 1.82) is 0 Å². The van der Waals surface area contributed by atoms with Crippen LogP contribution in [0.2, 0.25) is 0 Å². The Balaban J connectivity index is 0.000000267. The summed E-state index contributed by atoms with van der Waals surface area (Å²) in [5.74, 6) is 1.80. The standard InChI is InChI=1S/C18H30N2S.C7H11NS.C2H5N/c1-3-20(12-11-15-7-5-4-6-8-15)13-17-14(2)21-18(19-17)16-9-10-16;1-3-4-7-5-8-6(2)9-7;1-2-3/h15-16H,3-13H2,1-2H3;5H,3-4H2,1-2H3;2H,1,3H2. The fraction of sp³-hybridized carbons (Fsp3) is 0.704. The molecule has 0 spiro atoms. The van der Waals surface area contributed by atoms with E-state index in [0.29, 0.717) is 0 Å². The van der Waals surface area contributed by atoms with Gasteiger partial charge < -0.3 is 5.73 Å². The number of nitrogens with two attached hydrogens (primary N) is 1. The van der Waals surface area contributed by atoms with Gasteiger partial charge in [0.2, 0.25) is 0 Å². The number of aromatic nitrogens is 2. The SMILES string of the molecule is C=CN.CCCc1cnc(C)s1.CCN(CCC1CCCCC1)Cc1nc(C2CC2)sc1C. The minimum absolute atomic E-state index is 0.805. The third-order valence-corrected chi connectivity index (χ3v) is 8.55. The molecule has 4 nitrogen and oxygen atoms in total. The predicted octanol–water partition coefficient (Wildman–Crippen LogP) is 7.61. The first-order chi connectivity index (χ1) is 16.0. The van der Waals surface area contributed by atoms with Crippen LogP contribution in [-0.4, -0.2) is 28.0 Å². The van der Waals surface area contributed by atoms with Crippen molar-refractivity contribution in [3.8, 4) is 0 Å². The van der Waals surface area contributed by atoms with Crippen molar-refractivity contribution in [2.75, 3.05) is 13.1 Å². The van der Waals surface area contributed by atoms with Crippen molar-refractivity contribution >= 4 is 22.7 Å². The zero-order chi connectivity index (χ0) is 24.1. The minimum Gasteiger partial charge on any atom is -0.405 e. The van der Waals surface area contributed by atoms with Crippen LogP contribution in [0.1, 0.15) is 103 Å². The summed E-state index contributed by atoms with van der Waals surface area (Å²) >= 11 is 3.75. The highest BCUT2D eigenvalue weighted by molar-refractivity contribution is 7.12. The summed E-state index contributed by atoms with van der Waals surface area (Å²) in [4.78, 5) is 14.6. The molecule has 186 valence electrons. The summed E-state index contributed by atoms with van der Waals surface area (Å²) in [5, 5.41) is 2.59. The summed E-state index contributed by atoms with van der Waals surface area (Å²) < 4.78 is 0. The maximum Gasteiger partial charge on any atom is 0.0962 e. The van der Waals surface area contributed by atoms with Crippen LogP contribution < -0.4 is 5.73 Å². The maximum absolute atomic E-state index is 4.93. The molecule has 4 rings (SSSR count). The molecule has 2 saturated carbocycles. The lowest BCUT2D eigenvalue weighted by Crippen LogP contribution is -2.26. The highest BCUT2D eigenvalue weighted by Gasteiger charge is 2.28. The Hall–Kier alpha value is -1.24. The van der Waals surface area contributed by atoms with Crippen LogP contribution in [0.5, 0.6) is 0 Å². The third kappa shape index (κ3) is 10.7. The van der Waals surface area contributed by atoms with Crippen LogP contribution in [0.15, 0.2) is 19.0 Å². The normalized spacial score (nSPS) is 16.0. The van der Waals surface area contributed by atoms with E-state index in [1.165, 1.54) is 102 Å². The van der Waals surface area contributed by atoms with E-state index in [2.05, 4.69) is 43.0 Å². The van der Waals surface area contributed by atoms with Crippen molar-refractivity contribution < 1.29 is 0 Å². The zero-order valence-corrected chi connectivity index (χ0v) is 23.1. The molecule has 0 radical (unpaired) electrons. The van der Waals surface area contributed by atoms with E-state index < -0.39 is 0 Å². The number of thiazole rings is 2. The van der Waals surface area contributed by atoms with Gasteiger partial charge in [-0.3, -0.25) is 4.90 Å². The first-order valence-corrected chi connectivity index (χ1v) is 14.6. The second kappa shape index (κ2) is 15.6. The van der Waals surface area contributed by atoms with Crippen LogP contribution in [0, 0.1) is 19.8 Å². The second-order valence-electron chi connectivity index (χ2n) is 9.32. The van der Waals surface area contributed by atoms with Gasteiger partial charge in [-0.15, -0.1) is 22.7 Å². The van der Waals surface area contributed by atoms with Crippen molar-refractivity contribution in [2.24, 2.45) is 11.7 Å². The lowest BCUT2D eigenvalue weighted by molar-refractivity contribution is 0.232. The Morgan fingerprint density at radius 2 is 1.82 bits per heavy atom. The highest BCUT2D eigenvalue weighted by Crippen LogP contribution is 2.42. The second-order valence-corrected chi connectivity index (χ2v) is 11.9. The molecule has 2 aromatic heterocycles. The van der Waals surface area contributed by atoms with Gasteiger partial charge in [0.05, 0.1) is 15.7 Å². The molecule has 2 aliphatic rings. The van der Waals surface area contributed by atoms with E-state index in [9.17, 15) is 0 Å². The molecule has 2 fully saturated rings. The van der Waals surface area contributed by atoms with E-state index >= 15 is 0 Å². The molecule has 0 bridgehead atoms. The zero-order valence-electron chi connectivity index (χ0n) is 21.4. The topological polar surface area (TPSA) is 55.0 Å². The van der Waals surface area contributed by atoms with E-state index in [4.69, 9.17) is 4.98 Å². The molecule has 0 saturated heterocycles. The largest absolute Gasteiger partial charge is 0.405 e. The molecular formula is C27H46N4S2. The lowest BCUT2D eigenvalue weighted by Gasteiger charge is -2.26. The van der Waals surface area contributed by atoms with Crippen molar-refractivity contribution in [3.05, 3.63) is 44.4 Å². The van der Waals surface area contributed by atoms with Gasteiger partial charge in [0.1, 0.15) is 0 Å². The average molecular weight is 491 g/mol. The van der Waals surface area contributed by atoms with E-state index in [0.717, 1.165) is 24.9 Å². The molecule has 0 atom stereocenters. The maximum atomic E-state index is 4.93. The molecule has 0 unspecified atom stereocenters. The third-order valence-electron chi connectivity index (χ3n) is 6.40. The molecule has 2 aliphatic carbocycles. The molecule has 2 N–H and O–H groups in total. The van der Waals surface area contributed by atoms with Gasteiger partial charge in [-0.25, -0.2) is 9.97 Å². The Morgan fingerprint density at radius 3 is 2.36 bits per heavy atom. The van der Waals surface area contributed by atoms with Crippen LogP contribution in [0.4, 0.5) is 0 Å². The average Bonchev–Trinajstić information content (AvgIpc) is 3.49. The summed E-state index contributed by atoms with van der Waals surface area (Å²) in [6, 6.07) is 0. The minimum atomic E-state index is 0.805. The fourth-order valence-corrected chi connectivity index (χ4v) is 6.27. The number of aryl methyl sites for hydroxylation is 3. The van der Waals surface area contributed by atoms with E-state index in [1.807, 2.05) is 24.5 Å². The van der Waals surface area contributed by atoms with Crippen molar-refractivity contribution in [1.82, 2.24) is 14.9 Å². The molecule has 6 heteroatoms. The van der Waals surface area contributed by atoms with Crippen molar-refractivity contribution in [3.63, 3.8) is 0 Å². The monoisotopic (exact) mass is 490 g/mol. The summed E-state index contributed by atoms with van der Waals surface area (Å²) in [7, 11) is 0. The molecule has 2 heterocycles. The Bertz CT molecular complexity index is 788. The molecule has 0 aliphatic heterocycles. The predicted molar refractivity (Wildman–Crippen MR) is 146 cm³/mol. The van der Waals surface area contributed by atoms with E-state index in [-0.39, 0.29) is 0 Å². The first kappa shape index (κ1) is 28.0. The van der Waals surface area contributed by atoms with Gasteiger partial charge in [0, 0.05) is 28.4 Å². The summed E-state index contributed by atoms with van der Waals surface area (Å²) in [6.45, 7) is 15.4. The number of rotatable bonds is 9. The molecule has 33 heavy (non-hydrogen) atoms. The van der Waals surface area contributed by atoms with Crippen LogP contribution >= 0.6 is 22.7 Å². The first-order valence-electron chi connectivity index (χ1n) is 12.9. The van der Waals surface area contributed by atoms with Gasteiger partial charge >= 0.3 is 0 Å². The van der Waals surface area contributed by atoms with Crippen LogP contribution in [-0.2, 0) is 13.0 Å². The highest BCUT2D eigenvalue weighted by atomic mass is 32.1. The summed E-state index contributed by atoms with van der Waals surface area (Å²) in [5.41, 5.74) is 5.97. The number of hydrogen-bond donors (Lipinski definition) is 1. The number of nitrogens with zero attached hydrogens (tertiary/aromatic N) is 3. The van der Waals surface area contributed by atoms with Crippen molar-refractivity contribution in [2.45, 2.75) is 104 Å². The van der Waals surface area contributed by atoms with Crippen LogP contribution in [0.25, 0.3) is 0 Å². The molecule has 2 aromatic rings. The molecule has 0 aromatic carbocycles. The fourth-order valence-electron chi connectivity index (χ4n) is 4.27. The van der Waals surface area contributed by atoms with Gasteiger partial charge in [-0.05, 0) is 64.7 Å². The van der Waals surface area contributed by atoms with Gasteiger partial charge in [0.25, 0.3) is 0 Å². The summed E-state index contributed by atoms with van der Waals surface area (Å²) in [6.07, 6.45) is 17.1.